The van der Waals surface area contributed by atoms with Crippen molar-refractivity contribution in [3.63, 3.8) is 0 Å². The minimum Gasteiger partial charge on any atom is -0.264 e. The first kappa shape index (κ1) is 8.05. The van der Waals surface area contributed by atoms with E-state index in [0.717, 1.165) is 17.0 Å². The van der Waals surface area contributed by atoms with Crippen LogP contribution in [0.5, 0.6) is 0 Å². The van der Waals surface area contributed by atoms with Gasteiger partial charge in [0.1, 0.15) is 6.54 Å². The summed E-state index contributed by atoms with van der Waals surface area (Å²) in [7, 11) is 2.06. The third-order valence-corrected chi connectivity index (χ3v) is 1.65. The summed E-state index contributed by atoms with van der Waals surface area (Å²) in [6.07, 6.45) is 1.89. The Morgan fingerprint density at radius 1 is 1.75 bits per heavy atom. The topological polar surface area (TPSA) is 0 Å². The van der Waals surface area contributed by atoms with Crippen molar-refractivity contribution in [2.45, 2.75) is 6.92 Å². The molecular formula is C6H14NS+. The van der Waals surface area contributed by atoms with Crippen molar-refractivity contribution in [2.24, 2.45) is 0 Å². The van der Waals surface area contributed by atoms with Crippen molar-refractivity contribution in [3.05, 3.63) is 12.7 Å². The first-order chi connectivity index (χ1) is 3.62. The van der Waals surface area contributed by atoms with Crippen LogP contribution >= 0.6 is 12.8 Å². The van der Waals surface area contributed by atoms with E-state index in [1.54, 1.807) is 0 Å². The standard InChI is InChI=1S/C6H14NS/c1-4-6-7(3,8)5-2/h4,8H,1,5-6H2,2-3H3/q+1. The summed E-state index contributed by atoms with van der Waals surface area (Å²) in [5, 5.41) is 0. The Kier molecular flexibility index (Phi) is 3.17. The average Bonchev–Trinajstić information content (AvgIpc) is 1.67. The number of hydrogen-bond donors (Lipinski definition) is 1. The zero-order chi connectivity index (χ0) is 6.62. The summed E-state index contributed by atoms with van der Waals surface area (Å²) in [6.45, 7) is 7.70. The molecule has 0 spiro atoms. The Morgan fingerprint density at radius 2 is 2.25 bits per heavy atom. The fourth-order valence-electron chi connectivity index (χ4n) is 0.407. The first-order valence-electron chi connectivity index (χ1n) is 2.80. The molecule has 48 valence electrons. The molecule has 0 aliphatic carbocycles. The Labute approximate surface area is 57.1 Å². The lowest BCUT2D eigenvalue weighted by atomic mass is 10.5. The van der Waals surface area contributed by atoms with Crippen molar-refractivity contribution >= 4 is 12.8 Å². The molecule has 0 aromatic rings. The molecule has 0 N–H and O–H groups in total. The number of hydrogen-bond acceptors (Lipinski definition) is 1. The Morgan fingerprint density at radius 3 is 2.38 bits per heavy atom. The van der Waals surface area contributed by atoms with Crippen LogP contribution in [0.25, 0.3) is 0 Å². The third-order valence-electron chi connectivity index (χ3n) is 1.20. The van der Waals surface area contributed by atoms with Gasteiger partial charge in [-0.2, -0.15) is 0 Å². The molecule has 0 saturated carbocycles. The summed E-state index contributed by atoms with van der Waals surface area (Å²) in [4.78, 5) is 0. The highest BCUT2D eigenvalue weighted by Crippen LogP contribution is 2.04. The van der Waals surface area contributed by atoms with Crippen molar-refractivity contribution in [1.82, 2.24) is 0 Å². The van der Waals surface area contributed by atoms with Gasteiger partial charge >= 0.3 is 0 Å². The highest BCUT2D eigenvalue weighted by Gasteiger charge is 2.08. The SMILES string of the molecule is C=CC[N+](C)(S)CC. The van der Waals surface area contributed by atoms with Crippen LogP contribution < -0.4 is 0 Å². The summed E-state index contributed by atoms with van der Waals surface area (Å²) in [6, 6.07) is 0. The van der Waals surface area contributed by atoms with E-state index in [4.69, 9.17) is 0 Å². The molecule has 0 aromatic carbocycles. The van der Waals surface area contributed by atoms with Crippen LogP contribution in [0.4, 0.5) is 0 Å². The molecule has 0 saturated heterocycles. The van der Waals surface area contributed by atoms with Gasteiger partial charge in [0.05, 0.1) is 26.4 Å². The second kappa shape index (κ2) is 3.15. The molecule has 1 nitrogen and oxygen atoms in total. The van der Waals surface area contributed by atoms with Crippen molar-refractivity contribution in [3.8, 4) is 0 Å². The van der Waals surface area contributed by atoms with E-state index in [0.29, 0.717) is 0 Å². The molecule has 0 rings (SSSR count). The average molecular weight is 132 g/mol. The number of rotatable bonds is 3. The normalized spacial score (nSPS) is 17.4. The van der Waals surface area contributed by atoms with Crippen LogP contribution in [0, 0.1) is 0 Å². The highest BCUT2D eigenvalue weighted by atomic mass is 32.1. The van der Waals surface area contributed by atoms with Gasteiger partial charge in [-0.15, -0.1) is 0 Å². The van der Waals surface area contributed by atoms with Gasteiger partial charge in [-0.05, 0) is 13.0 Å². The van der Waals surface area contributed by atoms with E-state index in [2.05, 4.69) is 33.4 Å². The molecule has 0 bridgehead atoms. The molecule has 0 fully saturated rings. The Bertz CT molecular complexity index is 78.6. The maximum atomic E-state index is 4.33. The monoisotopic (exact) mass is 132 g/mol. The quantitative estimate of drug-likeness (QED) is 0.336. The van der Waals surface area contributed by atoms with Crippen LogP contribution in [0.2, 0.25) is 0 Å². The fraction of sp³-hybridized carbons (Fsp3) is 0.667. The number of thiol groups is 1. The Balaban J connectivity index is 3.53. The maximum absolute atomic E-state index is 4.33. The Hall–Kier alpha value is 0.0500. The van der Waals surface area contributed by atoms with Crippen LogP contribution in [-0.2, 0) is 0 Å². The lowest BCUT2D eigenvalue weighted by Crippen LogP contribution is -2.32. The molecule has 8 heavy (non-hydrogen) atoms. The van der Waals surface area contributed by atoms with E-state index in [9.17, 15) is 0 Å². The van der Waals surface area contributed by atoms with Crippen LogP contribution in [0.3, 0.4) is 0 Å². The molecule has 1 atom stereocenters. The third kappa shape index (κ3) is 3.10. The van der Waals surface area contributed by atoms with Crippen molar-refractivity contribution in [2.75, 3.05) is 20.1 Å². The van der Waals surface area contributed by atoms with Gasteiger partial charge in [0.25, 0.3) is 0 Å². The van der Waals surface area contributed by atoms with Crippen molar-refractivity contribution < 1.29 is 3.89 Å². The zero-order valence-corrected chi connectivity index (χ0v) is 6.49. The number of likely N-dealkylation sites (N-methyl/N-ethyl adjacent to an activating group) is 1. The van der Waals surface area contributed by atoms with Gasteiger partial charge in [0.2, 0.25) is 0 Å². The number of nitrogens with zero attached hydrogens (tertiary/aromatic N) is 1. The van der Waals surface area contributed by atoms with Gasteiger partial charge in [-0.1, -0.05) is 6.58 Å². The van der Waals surface area contributed by atoms with E-state index in [1.807, 2.05) is 6.08 Å². The lowest BCUT2D eigenvalue weighted by molar-refractivity contribution is -0.760. The van der Waals surface area contributed by atoms with E-state index >= 15 is 0 Å². The number of quaternary nitrogens is 1. The van der Waals surface area contributed by atoms with Crippen LogP contribution in [-0.4, -0.2) is 24.0 Å². The molecule has 0 heterocycles. The second-order valence-corrected chi connectivity index (χ2v) is 3.09. The van der Waals surface area contributed by atoms with E-state index < -0.39 is 0 Å². The van der Waals surface area contributed by atoms with Gasteiger partial charge in [0.15, 0.2) is 0 Å². The smallest absolute Gasteiger partial charge is 0.107 e. The fourth-order valence-corrected chi connectivity index (χ4v) is 0.523. The zero-order valence-electron chi connectivity index (χ0n) is 5.59. The molecule has 0 aliphatic heterocycles. The van der Waals surface area contributed by atoms with Crippen LogP contribution in [0.15, 0.2) is 12.7 Å². The van der Waals surface area contributed by atoms with Crippen LogP contribution in [0.1, 0.15) is 6.92 Å². The predicted molar refractivity (Wildman–Crippen MR) is 40.8 cm³/mol. The highest BCUT2D eigenvalue weighted by molar-refractivity contribution is 7.74. The van der Waals surface area contributed by atoms with Gasteiger partial charge < -0.3 is 0 Å². The molecule has 0 aromatic heterocycles. The minimum absolute atomic E-state index is 0.740. The first-order valence-corrected chi connectivity index (χ1v) is 3.20. The largest absolute Gasteiger partial charge is 0.264 e. The summed E-state index contributed by atoms with van der Waals surface area (Å²) in [5.41, 5.74) is 0. The van der Waals surface area contributed by atoms with E-state index in [1.165, 1.54) is 0 Å². The molecule has 0 amide bonds. The summed E-state index contributed by atoms with van der Waals surface area (Å²) < 4.78 is 0.740. The van der Waals surface area contributed by atoms with E-state index in [-0.39, 0.29) is 0 Å². The van der Waals surface area contributed by atoms with Gasteiger partial charge in [0, 0.05) is 0 Å². The second-order valence-electron chi connectivity index (χ2n) is 2.13. The van der Waals surface area contributed by atoms with Crippen molar-refractivity contribution in [1.29, 1.82) is 0 Å². The lowest BCUT2D eigenvalue weighted by Gasteiger charge is -2.22. The molecule has 0 aliphatic rings. The summed E-state index contributed by atoms with van der Waals surface area (Å²) >= 11 is 4.33. The molecule has 0 radical (unpaired) electrons. The predicted octanol–water partition coefficient (Wildman–Crippen LogP) is 1.48. The summed E-state index contributed by atoms with van der Waals surface area (Å²) in [5.74, 6) is 0. The maximum Gasteiger partial charge on any atom is 0.107 e. The molecule has 2 heteroatoms. The van der Waals surface area contributed by atoms with Gasteiger partial charge in [-0.25, -0.2) is 0 Å². The molecule has 1 unspecified atom stereocenters. The minimum atomic E-state index is 0.740. The van der Waals surface area contributed by atoms with Gasteiger partial charge in [-0.3, -0.25) is 3.89 Å². The molecular weight excluding hydrogens is 118 g/mol.